The van der Waals surface area contributed by atoms with Crippen LogP contribution in [0.3, 0.4) is 0 Å². The molecule has 1 N–H and O–H groups in total. The van der Waals surface area contributed by atoms with E-state index in [9.17, 15) is 14.7 Å². The van der Waals surface area contributed by atoms with Gasteiger partial charge in [-0.05, 0) is 47.8 Å². The average molecular weight is 398 g/mol. The number of hydrogen-bond acceptors (Lipinski definition) is 5. The van der Waals surface area contributed by atoms with Gasteiger partial charge < -0.3 is 14.3 Å². The Morgan fingerprint density at radius 1 is 1.14 bits per heavy atom. The van der Waals surface area contributed by atoms with E-state index in [1.54, 1.807) is 12.1 Å². The first-order valence-corrected chi connectivity index (χ1v) is 10.5. The molecule has 4 rings (SSSR count). The molecule has 1 aromatic carbocycles. The van der Waals surface area contributed by atoms with Crippen LogP contribution < -0.4 is 10.4 Å². The minimum Gasteiger partial charge on any atom is -0.493 e. The predicted molar refractivity (Wildman–Crippen MR) is 111 cm³/mol. The second-order valence-corrected chi connectivity index (χ2v) is 9.53. The van der Waals surface area contributed by atoms with E-state index in [1.165, 1.54) is 6.07 Å². The lowest BCUT2D eigenvalue weighted by Crippen LogP contribution is -2.61. The Hall–Kier alpha value is -2.14. The zero-order chi connectivity index (χ0) is 21.0. The molecule has 0 bridgehead atoms. The van der Waals surface area contributed by atoms with Crippen molar-refractivity contribution in [3.8, 4) is 5.75 Å². The van der Waals surface area contributed by atoms with Gasteiger partial charge in [-0.25, -0.2) is 4.79 Å². The van der Waals surface area contributed by atoms with Crippen LogP contribution in [0.25, 0.3) is 11.0 Å². The Morgan fingerprint density at radius 2 is 1.86 bits per heavy atom. The molecule has 0 aliphatic heterocycles. The normalized spacial score (nSPS) is 37.3. The number of benzene rings is 1. The predicted octanol–water partition coefficient (Wildman–Crippen LogP) is 4.20. The van der Waals surface area contributed by atoms with E-state index in [-0.39, 0.29) is 34.2 Å². The van der Waals surface area contributed by atoms with Crippen molar-refractivity contribution in [3.05, 3.63) is 40.8 Å². The number of fused-ring (bicyclic) bond motifs is 2. The molecule has 156 valence electrons. The number of carbonyl (C=O) groups excluding carboxylic acids is 1. The highest BCUT2D eigenvalue weighted by Gasteiger charge is 2.61. The molecule has 2 aliphatic carbocycles. The first-order valence-electron chi connectivity index (χ1n) is 10.5. The van der Waals surface area contributed by atoms with Gasteiger partial charge in [-0.15, -0.1) is 0 Å². The van der Waals surface area contributed by atoms with Crippen molar-refractivity contribution >= 4 is 16.8 Å². The fourth-order valence-corrected chi connectivity index (χ4v) is 5.87. The molecule has 1 heterocycles. The monoisotopic (exact) mass is 398 g/mol. The number of aliphatic hydroxyl groups is 1. The van der Waals surface area contributed by atoms with Crippen LogP contribution >= 0.6 is 0 Å². The average Bonchev–Trinajstić information content (AvgIpc) is 2.68. The molecule has 0 radical (unpaired) electrons. The molecular formula is C24H30O5. The van der Waals surface area contributed by atoms with E-state index in [0.29, 0.717) is 36.6 Å². The number of ether oxygens (including phenoxy) is 1. The summed E-state index contributed by atoms with van der Waals surface area (Å²) in [5, 5.41) is 11.7. The van der Waals surface area contributed by atoms with Crippen molar-refractivity contribution in [3.63, 3.8) is 0 Å². The maximum atomic E-state index is 12.5. The van der Waals surface area contributed by atoms with E-state index in [2.05, 4.69) is 20.8 Å². The lowest BCUT2D eigenvalue weighted by atomic mass is 9.42. The standard InChI is InChI=1S/C24H30O5/c1-14-18(13-28-17-7-5-16-6-8-22(27)29-21(16)11-17)23(3)10-9-19(25)15(2)24(23,4)12-20(14)26/h5-8,11,14-15,18,20,26H,9-10,12-13H2,1-4H3/t14-,15-,18+,20+,23-,24-/m0/s1. The summed E-state index contributed by atoms with van der Waals surface area (Å²) < 4.78 is 11.4. The van der Waals surface area contributed by atoms with E-state index in [4.69, 9.17) is 9.15 Å². The largest absolute Gasteiger partial charge is 0.493 e. The van der Waals surface area contributed by atoms with Crippen molar-refractivity contribution in [2.24, 2.45) is 28.6 Å². The first-order chi connectivity index (χ1) is 13.7. The van der Waals surface area contributed by atoms with Crippen LogP contribution in [-0.4, -0.2) is 23.6 Å². The number of rotatable bonds is 3. The number of carbonyl (C=O) groups is 1. The van der Waals surface area contributed by atoms with E-state index < -0.39 is 6.10 Å². The Morgan fingerprint density at radius 3 is 2.62 bits per heavy atom. The number of hydrogen-bond donors (Lipinski definition) is 1. The Labute approximate surface area is 171 Å². The number of ketones is 1. The summed E-state index contributed by atoms with van der Waals surface area (Å²) in [4.78, 5) is 24.0. The third-order valence-corrected chi connectivity index (χ3v) is 8.35. The summed E-state index contributed by atoms with van der Waals surface area (Å²) in [6, 6.07) is 8.63. The van der Waals surface area contributed by atoms with Crippen LogP contribution in [0.4, 0.5) is 0 Å². The van der Waals surface area contributed by atoms with Crippen LogP contribution in [0.1, 0.15) is 47.0 Å². The molecule has 1 aromatic heterocycles. The Kier molecular flexibility index (Phi) is 4.85. The summed E-state index contributed by atoms with van der Waals surface area (Å²) in [6.45, 7) is 9.00. The minimum absolute atomic E-state index is 0.0687. The van der Waals surface area contributed by atoms with Gasteiger partial charge in [0.05, 0.1) is 12.7 Å². The summed E-state index contributed by atoms with van der Waals surface area (Å²) in [7, 11) is 0. The smallest absolute Gasteiger partial charge is 0.336 e. The SMILES string of the molecule is C[C@@H]1[C@H](O)C[C@@]2(C)[C@@H](C)C(=O)CC[C@@]2(C)[C@@H]1COc1ccc2ccc(=O)oc2c1. The molecule has 0 unspecified atom stereocenters. The van der Waals surface area contributed by atoms with Crippen molar-refractivity contribution in [2.75, 3.05) is 6.61 Å². The molecule has 0 saturated heterocycles. The van der Waals surface area contributed by atoms with E-state index in [1.807, 2.05) is 19.1 Å². The second-order valence-electron chi connectivity index (χ2n) is 9.53. The molecule has 5 heteroatoms. The molecular weight excluding hydrogens is 368 g/mol. The van der Waals surface area contributed by atoms with Crippen LogP contribution in [0.5, 0.6) is 5.75 Å². The van der Waals surface area contributed by atoms with Gasteiger partial charge in [0.15, 0.2) is 0 Å². The fraction of sp³-hybridized carbons (Fsp3) is 0.583. The van der Waals surface area contributed by atoms with Crippen LogP contribution in [0.15, 0.2) is 39.5 Å². The summed E-state index contributed by atoms with van der Waals surface area (Å²) >= 11 is 0. The number of aliphatic hydroxyl groups excluding tert-OH is 1. The van der Waals surface area contributed by atoms with Crippen LogP contribution in [0.2, 0.25) is 0 Å². The summed E-state index contributed by atoms with van der Waals surface area (Å²) in [5.74, 6) is 1.07. The van der Waals surface area contributed by atoms with Crippen molar-refractivity contribution in [1.29, 1.82) is 0 Å². The Balaban J connectivity index is 1.62. The molecule has 0 amide bonds. The fourth-order valence-electron chi connectivity index (χ4n) is 5.87. The molecule has 0 spiro atoms. The molecule has 2 fully saturated rings. The summed E-state index contributed by atoms with van der Waals surface area (Å²) in [6.07, 6.45) is 1.61. The molecule has 2 aromatic rings. The third kappa shape index (κ3) is 3.10. The summed E-state index contributed by atoms with van der Waals surface area (Å²) in [5.41, 5.74) is -0.233. The van der Waals surface area contributed by atoms with E-state index in [0.717, 1.165) is 11.8 Å². The first kappa shape index (κ1) is 20.1. The van der Waals surface area contributed by atoms with Gasteiger partial charge in [0.25, 0.3) is 0 Å². The van der Waals surface area contributed by atoms with Gasteiger partial charge in [-0.1, -0.05) is 27.7 Å². The highest BCUT2D eigenvalue weighted by molar-refractivity contribution is 5.82. The van der Waals surface area contributed by atoms with Crippen molar-refractivity contribution < 1.29 is 19.1 Å². The highest BCUT2D eigenvalue weighted by atomic mass is 16.5. The van der Waals surface area contributed by atoms with Crippen LogP contribution in [-0.2, 0) is 4.79 Å². The molecule has 2 saturated carbocycles. The van der Waals surface area contributed by atoms with E-state index >= 15 is 0 Å². The molecule has 29 heavy (non-hydrogen) atoms. The van der Waals surface area contributed by atoms with Crippen molar-refractivity contribution in [2.45, 2.75) is 53.1 Å². The van der Waals surface area contributed by atoms with Gasteiger partial charge >= 0.3 is 5.63 Å². The van der Waals surface area contributed by atoms with Gasteiger partial charge in [0.1, 0.15) is 17.1 Å². The quantitative estimate of drug-likeness (QED) is 0.784. The third-order valence-electron chi connectivity index (χ3n) is 8.35. The topological polar surface area (TPSA) is 76.7 Å². The van der Waals surface area contributed by atoms with Crippen LogP contribution in [0, 0.1) is 28.6 Å². The minimum atomic E-state index is -0.454. The van der Waals surface area contributed by atoms with Gasteiger partial charge in [-0.3, -0.25) is 4.79 Å². The lowest BCUT2D eigenvalue weighted by molar-refractivity contribution is -0.183. The highest BCUT2D eigenvalue weighted by Crippen LogP contribution is 2.63. The number of Topliss-reactive ketones (excluding diaryl/α,β-unsaturated/α-hetero) is 1. The maximum Gasteiger partial charge on any atom is 0.336 e. The van der Waals surface area contributed by atoms with Gasteiger partial charge in [0.2, 0.25) is 0 Å². The lowest BCUT2D eigenvalue weighted by Gasteiger charge is -2.62. The molecule has 6 atom stereocenters. The van der Waals surface area contributed by atoms with Gasteiger partial charge in [-0.2, -0.15) is 0 Å². The maximum absolute atomic E-state index is 12.5. The molecule has 2 aliphatic rings. The zero-order valence-corrected chi connectivity index (χ0v) is 17.6. The Bertz CT molecular complexity index is 994. The molecule has 5 nitrogen and oxygen atoms in total. The second kappa shape index (κ2) is 6.98. The van der Waals surface area contributed by atoms with Crippen molar-refractivity contribution in [1.82, 2.24) is 0 Å². The van der Waals surface area contributed by atoms with Gasteiger partial charge in [0, 0.05) is 35.8 Å². The zero-order valence-electron chi connectivity index (χ0n) is 17.6.